The van der Waals surface area contributed by atoms with Crippen molar-refractivity contribution in [3.05, 3.63) is 62.0 Å². The molecule has 0 heterocycles. The van der Waals surface area contributed by atoms with E-state index in [1.54, 1.807) is 12.2 Å². The summed E-state index contributed by atoms with van der Waals surface area (Å²) in [7, 11) is 0. The number of ether oxygens (including phenoxy) is 1. The predicted molar refractivity (Wildman–Crippen MR) is 95.4 cm³/mol. The lowest BCUT2D eigenvalue weighted by molar-refractivity contribution is 0.126. The van der Waals surface area contributed by atoms with Gasteiger partial charge in [-0.2, -0.15) is 0 Å². The predicted octanol–water partition coefficient (Wildman–Crippen LogP) is 5.83. The van der Waals surface area contributed by atoms with Crippen LogP contribution in [0.4, 0.5) is 0 Å². The second kappa shape index (κ2) is 8.82. The van der Waals surface area contributed by atoms with Gasteiger partial charge in [0.25, 0.3) is 0 Å². The van der Waals surface area contributed by atoms with Gasteiger partial charge in [-0.05, 0) is 74.3 Å². The van der Waals surface area contributed by atoms with Gasteiger partial charge in [0.1, 0.15) is 12.4 Å². The van der Waals surface area contributed by atoms with Gasteiger partial charge in [-0.1, -0.05) is 37.5 Å². The van der Waals surface area contributed by atoms with E-state index in [1.807, 2.05) is 6.08 Å². The van der Waals surface area contributed by atoms with Gasteiger partial charge in [0.05, 0.1) is 0 Å². The van der Waals surface area contributed by atoms with E-state index < -0.39 is 0 Å². The van der Waals surface area contributed by atoms with Crippen molar-refractivity contribution in [3.8, 4) is 0 Å². The third-order valence-corrected chi connectivity index (χ3v) is 5.24. The molecule has 0 radical (unpaired) electrons. The Bertz CT molecular complexity index is 443. The molecule has 1 nitrogen and oxygen atoms in total. The lowest BCUT2D eigenvalue weighted by atomic mass is 9.65. The Balaban J connectivity index is 1.84. The van der Waals surface area contributed by atoms with E-state index in [4.69, 9.17) is 4.74 Å². The van der Waals surface area contributed by atoms with Gasteiger partial charge in [-0.3, -0.25) is 0 Å². The molecule has 0 bridgehead atoms. The molecule has 120 valence electrons. The molecular weight excluding hydrogens is 268 g/mol. The second-order valence-corrected chi connectivity index (χ2v) is 6.66. The first-order valence-corrected chi connectivity index (χ1v) is 8.64. The van der Waals surface area contributed by atoms with Crippen LogP contribution in [0.15, 0.2) is 62.0 Å². The highest BCUT2D eigenvalue weighted by molar-refractivity contribution is 5.17. The molecule has 0 N–H and O–H groups in total. The molecule has 2 fully saturated rings. The molecule has 0 amide bonds. The van der Waals surface area contributed by atoms with Gasteiger partial charge in [0.2, 0.25) is 0 Å². The van der Waals surface area contributed by atoms with Crippen molar-refractivity contribution >= 4 is 0 Å². The van der Waals surface area contributed by atoms with E-state index in [-0.39, 0.29) is 0 Å². The van der Waals surface area contributed by atoms with Gasteiger partial charge in [0, 0.05) is 0 Å². The fourth-order valence-electron chi connectivity index (χ4n) is 3.99. The number of fused-ring (bicyclic) bond motifs is 1. The van der Waals surface area contributed by atoms with E-state index in [2.05, 4.69) is 38.0 Å². The van der Waals surface area contributed by atoms with Crippen molar-refractivity contribution in [2.24, 2.45) is 23.7 Å². The fourth-order valence-corrected chi connectivity index (χ4v) is 3.99. The first-order chi connectivity index (χ1) is 10.8. The second-order valence-electron chi connectivity index (χ2n) is 6.66. The van der Waals surface area contributed by atoms with Gasteiger partial charge in [-0.15, -0.1) is 6.58 Å². The van der Waals surface area contributed by atoms with Crippen LogP contribution in [0.5, 0.6) is 0 Å². The number of hydrogen-bond acceptors (Lipinski definition) is 1. The van der Waals surface area contributed by atoms with Crippen molar-refractivity contribution in [2.45, 2.75) is 38.5 Å². The Kier molecular flexibility index (Phi) is 6.76. The quantitative estimate of drug-likeness (QED) is 0.326. The molecule has 0 aliphatic heterocycles. The Morgan fingerprint density at radius 1 is 0.955 bits per heavy atom. The largest absolute Gasteiger partial charge is 0.490 e. The van der Waals surface area contributed by atoms with Crippen molar-refractivity contribution in [3.63, 3.8) is 0 Å². The summed E-state index contributed by atoms with van der Waals surface area (Å²) in [5.41, 5.74) is 0. The van der Waals surface area contributed by atoms with E-state index in [0.29, 0.717) is 6.61 Å². The highest BCUT2D eigenvalue weighted by Gasteiger charge is 2.33. The third kappa shape index (κ3) is 4.76. The normalized spacial score (nSPS) is 32.3. The van der Waals surface area contributed by atoms with E-state index in [9.17, 15) is 0 Å². The van der Waals surface area contributed by atoms with Crippen molar-refractivity contribution in [2.75, 3.05) is 6.61 Å². The molecule has 2 aliphatic rings. The fraction of sp³-hybridized carbons (Fsp3) is 0.524. The zero-order valence-electron chi connectivity index (χ0n) is 13.8. The maximum Gasteiger partial charge on any atom is 0.119 e. The average molecular weight is 298 g/mol. The van der Waals surface area contributed by atoms with E-state index in [0.717, 1.165) is 29.4 Å². The first kappa shape index (κ1) is 16.9. The van der Waals surface area contributed by atoms with Crippen LogP contribution < -0.4 is 0 Å². The molecular formula is C21H30O. The van der Waals surface area contributed by atoms with Gasteiger partial charge < -0.3 is 4.74 Å². The molecule has 1 heteroatoms. The summed E-state index contributed by atoms with van der Waals surface area (Å²) in [6.45, 7) is 11.9. The maximum absolute atomic E-state index is 5.50. The number of rotatable bonds is 7. The zero-order chi connectivity index (χ0) is 15.8. The molecule has 0 aromatic rings. The topological polar surface area (TPSA) is 9.23 Å². The van der Waals surface area contributed by atoms with Gasteiger partial charge in [-0.25, -0.2) is 0 Å². The molecule has 2 aliphatic carbocycles. The molecule has 4 atom stereocenters. The summed E-state index contributed by atoms with van der Waals surface area (Å²) in [6.07, 6.45) is 20.4. The Morgan fingerprint density at radius 3 is 2.27 bits per heavy atom. The third-order valence-electron chi connectivity index (χ3n) is 5.24. The van der Waals surface area contributed by atoms with Gasteiger partial charge in [0.15, 0.2) is 0 Å². The maximum atomic E-state index is 5.50. The van der Waals surface area contributed by atoms with Crippen LogP contribution in [0, 0.1) is 23.7 Å². The lowest BCUT2D eigenvalue weighted by Crippen LogP contribution is -2.30. The van der Waals surface area contributed by atoms with Crippen LogP contribution in [-0.4, -0.2) is 6.61 Å². The summed E-state index contributed by atoms with van der Waals surface area (Å²) >= 11 is 0. The SMILES string of the molecule is C=CCO/C(C=C)=C/C=C/C1CCC2CC(C=C)CCC2C1. The summed E-state index contributed by atoms with van der Waals surface area (Å²) in [5, 5.41) is 0. The molecule has 2 rings (SSSR count). The van der Waals surface area contributed by atoms with Crippen LogP contribution in [0.25, 0.3) is 0 Å². The van der Waals surface area contributed by atoms with Crippen molar-refractivity contribution < 1.29 is 4.74 Å². The smallest absolute Gasteiger partial charge is 0.119 e. The van der Waals surface area contributed by atoms with E-state index in [1.165, 1.54) is 38.5 Å². The summed E-state index contributed by atoms with van der Waals surface area (Å²) in [5.74, 6) is 4.18. The highest BCUT2D eigenvalue weighted by atomic mass is 16.5. The van der Waals surface area contributed by atoms with Crippen LogP contribution in [-0.2, 0) is 4.74 Å². The van der Waals surface area contributed by atoms with Crippen LogP contribution in [0.3, 0.4) is 0 Å². The molecule has 0 spiro atoms. The zero-order valence-corrected chi connectivity index (χ0v) is 13.8. The number of allylic oxidation sites excluding steroid dienone is 5. The Labute approximate surface area is 136 Å². The lowest BCUT2D eigenvalue weighted by Gasteiger charge is -2.41. The van der Waals surface area contributed by atoms with Crippen molar-refractivity contribution in [1.29, 1.82) is 0 Å². The standard InChI is InChI=1S/C21H30O/c1-4-14-22-21(6-3)9-7-8-18-11-13-19-15-17(5-2)10-12-20(19)16-18/h4-9,17-20H,1-3,10-16H2/b8-7+,21-9+. The summed E-state index contributed by atoms with van der Waals surface area (Å²) in [4.78, 5) is 0. The van der Waals surface area contributed by atoms with Crippen LogP contribution in [0.2, 0.25) is 0 Å². The Hall–Kier alpha value is -1.50. The molecule has 22 heavy (non-hydrogen) atoms. The summed E-state index contributed by atoms with van der Waals surface area (Å²) < 4.78 is 5.50. The van der Waals surface area contributed by atoms with Crippen molar-refractivity contribution in [1.82, 2.24) is 0 Å². The Morgan fingerprint density at radius 2 is 1.64 bits per heavy atom. The minimum absolute atomic E-state index is 0.531. The van der Waals surface area contributed by atoms with E-state index >= 15 is 0 Å². The summed E-state index contributed by atoms with van der Waals surface area (Å²) in [6, 6.07) is 0. The minimum atomic E-state index is 0.531. The monoisotopic (exact) mass is 298 g/mol. The highest BCUT2D eigenvalue weighted by Crippen LogP contribution is 2.45. The minimum Gasteiger partial charge on any atom is -0.490 e. The first-order valence-electron chi connectivity index (χ1n) is 8.64. The molecule has 0 aromatic carbocycles. The van der Waals surface area contributed by atoms with Crippen LogP contribution in [0.1, 0.15) is 38.5 Å². The van der Waals surface area contributed by atoms with Gasteiger partial charge >= 0.3 is 0 Å². The molecule has 0 aromatic heterocycles. The average Bonchev–Trinajstić information content (AvgIpc) is 2.57. The molecule has 2 saturated carbocycles. The molecule has 0 saturated heterocycles. The molecule has 4 unspecified atom stereocenters. The number of hydrogen-bond donors (Lipinski definition) is 0. The van der Waals surface area contributed by atoms with Crippen LogP contribution >= 0.6 is 0 Å².